The lowest BCUT2D eigenvalue weighted by Gasteiger charge is -2.29. The summed E-state index contributed by atoms with van der Waals surface area (Å²) in [7, 11) is 0. The molecule has 0 N–H and O–H groups in total. The van der Waals surface area contributed by atoms with Crippen molar-refractivity contribution < 1.29 is 4.42 Å². The van der Waals surface area contributed by atoms with Crippen molar-refractivity contribution in [1.82, 2.24) is 0 Å². The Morgan fingerprint density at radius 3 is 1.86 bits per heavy atom. The van der Waals surface area contributed by atoms with Crippen molar-refractivity contribution in [3.05, 3.63) is 164 Å². The lowest BCUT2D eigenvalue weighted by Crippen LogP contribution is -2.11. The first kappa shape index (κ1) is 24.2. The number of benzene rings is 7. The molecule has 0 aliphatic rings. The highest BCUT2D eigenvalue weighted by atomic mass is 16.3. The average molecular weight is 538 g/mol. The zero-order valence-electron chi connectivity index (χ0n) is 22.9. The minimum Gasteiger partial charge on any atom is -0.455 e. The summed E-state index contributed by atoms with van der Waals surface area (Å²) >= 11 is 0. The molecule has 2 heteroatoms. The highest BCUT2D eigenvalue weighted by Gasteiger charge is 2.19. The largest absolute Gasteiger partial charge is 0.455 e. The number of nitrogens with zero attached hydrogens (tertiary/aromatic N) is 1. The predicted molar refractivity (Wildman–Crippen MR) is 177 cm³/mol. The zero-order chi connectivity index (χ0) is 27.9. The number of fused-ring (bicyclic) bond motifs is 4. The quantitative estimate of drug-likeness (QED) is 0.217. The van der Waals surface area contributed by atoms with Gasteiger partial charge in [-0.15, -0.1) is 0 Å². The van der Waals surface area contributed by atoms with E-state index in [9.17, 15) is 0 Å². The average Bonchev–Trinajstić information content (AvgIpc) is 3.45. The van der Waals surface area contributed by atoms with Crippen LogP contribution in [0.25, 0.3) is 55.0 Å². The Hall–Kier alpha value is -5.60. The van der Waals surface area contributed by atoms with Gasteiger partial charge in [0.15, 0.2) is 0 Å². The van der Waals surface area contributed by atoms with Crippen LogP contribution in [-0.2, 0) is 0 Å². The molecule has 42 heavy (non-hydrogen) atoms. The van der Waals surface area contributed by atoms with E-state index in [-0.39, 0.29) is 0 Å². The van der Waals surface area contributed by atoms with Crippen molar-refractivity contribution in [3.8, 4) is 22.3 Å². The van der Waals surface area contributed by atoms with Gasteiger partial charge in [0, 0.05) is 33.0 Å². The van der Waals surface area contributed by atoms with Crippen molar-refractivity contribution in [3.63, 3.8) is 0 Å². The van der Waals surface area contributed by atoms with Crippen molar-refractivity contribution in [2.75, 3.05) is 4.90 Å². The summed E-state index contributed by atoms with van der Waals surface area (Å²) < 4.78 is 6.36. The third kappa shape index (κ3) is 4.05. The first-order chi connectivity index (χ1) is 20.8. The van der Waals surface area contributed by atoms with E-state index in [1.165, 1.54) is 21.9 Å². The number of anilines is 3. The van der Waals surface area contributed by atoms with Crippen LogP contribution in [0.5, 0.6) is 0 Å². The van der Waals surface area contributed by atoms with Crippen LogP contribution in [0.3, 0.4) is 0 Å². The second-order valence-corrected chi connectivity index (χ2v) is 10.5. The molecule has 0 atom stereocenters. The maximum atomic E-state index is 6.36. The summed E-state index contributed by atoms with van der Waals surface area (Å²) in [6.07, 6.45) is 0. The molecule has 0 fully saturated rings. The molecule has 1 aromatic heterocycles. The highest BCUT2D eigenvalue weighted by molar-refractivity contribution is 6.09. The van der Waals surface area contributed by atoms with Crippen molar-refractivity contribution in [1.29, 1.82) is 0 Å². The summed E-state index contributed by atoms with van der Waals surface area (Å²) in [5.74, 6) is 0. The SMILES string of the molecule is c1ccc(-c2ccccc2N(c2ccc(-c3cccc4c3oc3ccccc34)cc2)c2cccc3ccccc23)cc1. The second kappa shape index (κ2) is 10.1. The van der Waals surface area contributed by atoms with E-state index in [2.05, 4.69) is 157 Å². The lowest BCUT2D eigenvalue weighted by atomic mass is 9.99. The molecule has 0 aliphatic heterocycles. The lowest BCUT2D eigenvalue weighted by molar-refractivity contribution is 0.670. The molecule has 0 saturated heterocycles. The van der Waals surface area contributed by atoms with Crippen LogP contribution in [0.15, 0.2) is 168 Å². The topological polar surface area (TPSA) is 16.4 Å². The van der Waals surface area contributed by atoms with Crippen LogP contribution >= 0.6 is 0 Å². The number of para-hydroxylation sites is 3. The molecule has 0 unspecified atom stereocenters. The standard InChI is InChI=1S/C40H27NO/c1-2-12-28(13-3-1)32-17-6-8-21-37(32)41(38-22-10-15-29-14-4-5-16-33(29)38)31-26-24-30(25-27-31)34-19-11-20-36-35-18-7-9-23-39(35)42-40(34)36/h1-27H. The van der Waals surface area contributed by atoms with Gasteiger partial charge in [0.1, 0.15) is 11.2 Å². The summed E-state index contributed by atoms with van der Waals surface area (Å²) in [6, 6.07) is 57.9. The normalized spacial score (nSPS) is 11.3. The Bertz CT molecular complexity index is 2190. The van der Waals surface area contributed by atoms with Crippen LogP contribution in [0.4, 0.5) is 17.1 Å². The molecular formula is C40H27NO. The van der Waals surface area contributed by atoms with Gasteiger partial charge < -0.3 is 9.32 Å². The van der Waals surface area contributed by atoms with Gasteiger partial charge in [-0.3, -0.25) is 0 Å². The molecule has 1 heterocycles. The molecule has 0 radical (unpaired) electrons. The summed E-state index contributed by atoms with van der Waals surface area (Å²) in [5.41, 5.74) is 9.79. The Labute approximate surface area is 244 Å². The fourth-order valence-electron chi connectivity index (χ4n) is 6.11. The number of furan rings is 1. The van der Waals surface area contributed by atoms with Gasteiger partial charge in [-0.25, -0.2) is 0 Å². The smallest absolute Gasteiger partial charge is 0.143 e. The van der Waals surface area contributed by atoms with E-state index in [4.69, 9.17) is 4.42 Å². The Kier molecular flexibility index (Phi) is 5.82. The van der Waals surface area contributed by atoms with E-state index < -0.39 is 0 Å². The van der Waals surface area contributed by atoms with Crippen molar-refractivity contribution in [2.45, 2.75) is 0 Å². The Morgan fingerprint density at radius 2 is 0.976 bits per heavy atom. The molecule has 0 amide bonds. The van der Waals surface area contributed by atoms with E-state index in [1.54, 1.807) is 0 Å². The van der Waals surface area contributed by atoms with Gasteiger partial charge in [-0.05, 0) is 46.8 Å². The Morgan fingerprint density at radius 1 is 0.381 bits per heavy atom. The molecule has 7 aromatic carbocycles. The number of hydrogen-bond donors (Lipinski definition) is 0. The summed E-state index contributed by atoms with van der Waals surface area (Å²) in [4.78, 5) is 2.39. The molecule has 2 nitrogen and oxygen atoms in total. The van der Waals surface area contributed by atoms with Gasteiger partial charge in [0.25, 0.3) is 0 Å². The van der Waals surface area contributed by atoms with Crippen LogP contribution < -0.4 is 4.90 Å². The second-order valence-electron chi connectivity index (χ2n) is 10.5. The maximum absolute atomic E-state index is 6.36. The molecule has 0 aliphatic carbocycles. The zero-order valence-corrected chi connectivity index (χ0v) is 22.9. The van der Waals surface area contributed by atoms with Crippen LogP contribution in [-0.4, -0.2) is 0 Å². The molecule has 0 bridgehead atoms. The van der Waals surface area contributed by atoms with E-state index in [0.29, 0.717) is 0 Å². The highest BCUT2D eigenvalue weighted by Crippen LogP contribution is 2.44. The number of hydrogen-bond acceptors (Lipinski definition) is 2. The predicted octanol–water partition coefficient (Wildman–Crippen LogP) is 11.5. The molecule has 8 rings (SSSR count). The summed E-state index contributed by atoms with van der Waals surface area (Å²) in [5, 5.41) is 4.70. The Balaban J connectivity index is 1.31. The first-order valence-electron chi connectivity index (χ1n) is 14.3. The van der Waals surface area contributed by atoms with Gasteiger partial charge in [-0.1, -0.05) is 133 Å². The summed E-state index contributed by atoms with van der Waals surface area (Å²) in [6.45, 7) is 0. The monoisotopic (exact) mass is 537 g/mol. The molecule has 198 valence electrons. The third-order valence-corrected chi connectivity index (χ3v) is 8.08. The molecular weight excluding hydrogens is 510 g/mol. The van der Waals surface area contributed by atoms with E-state index in [1.807, 2.05) is 12.1 Å². The van der Waals surface area contributed by atoms with Gasteiger partial charge in [-0.2, -0.15) is 0 Å². The fourth-order valence-corrected chi connectivity index (χ4v) is 6.11. The van der Waals surface area contributed by atoms with Crippen LogP contribution in [0, 0.1) is 0 Å². The van der Waals surface area contributed by atoms with E-state index >= 15 is 0 Å². The molecule has 8 aromatic rings. The fraction of sp³-hybridized carbons (Fsp3) is 0. The van der Waals surface area contributed by atoms with Crippen molar-refractivity contribution >= 4 is 49.8 Å². The van der Waals surface area contributed by atoms with Gasteiger partial charge in [0.05, 0.1) is 11.4 Å². The molecule has 0 spiro atoms. The van der Waals surface area contributed by atoms with Crippen LogP contribution in [0.1, 0.15) is 0 Å². The van der Waals surface area contributed by atoms with E-state index in [0.717, 1.165) is 50.1 Å². The van der Waals surface area contributed by atoms with Crippen LogP contribution in [0.2, 0.25) is 0 Å². The maximum Gasteiger partial charge on any atom is 0.143 e. The number of rotatable bonds is 5. The molecule has 0 saturated carbocycles. The van der Waals surface area contributed by atoms with Gasteiger partial charge >= 0.3 is 0 Å². The third-order valence-electron chi connectivity index (χ3n) is 8.08. The first-order valence-corrected chi connectivity index (χ1v) is 14.3. The minimum absolute atomic E-state index is 0.913. The van der Waals surface area contributed by atoms with Crippen molar-refractivity contribution in [2.24, 2.45) is 0 Å². The minimum atomic E-state index is 0.913. The van der Waals surface area contributed by atoms with Gasteiger partial charge in [0.2, 0.25) is 0 Å².